The Bertz CT molecular complexity index is 805. The molecule has 182 valence electrons. The third kappa shape index (κ3) is 4.12. The van der Waals surface area contributed by atoms with Crippen LogP contribution in [0.3, 0.4) is 0 Å². The van der Waals surface area contributed by atoms with Gasteiger partial charge < -0.3 is 50.6 Å². The van der Waals surface area contributed by atoms with Crippen LogP contribution in [0.2, 0.25) is 4.34 Å². The summed E-state index contributed by atoms with van der Waals surface area (Å²) < 4.78 is 18.6. The summed E-state index contributed by atoms with van der Waals surface area (Å²) in [5.74, 6) is -2.22. The van der Waals surface area contributed by atoms with Crippen LogP contribution in [-0.4, -0.2) is 101 Å². The van der Waals surface area contributed by atoms with Crippen LogP contribution in [0.1, 0.15) is 18.2 Å². The zero-order valence-electron chi connectivity index (χ0n) is 18.2. The predicted octanol–water partition coefficient (Wildman–Crippen LogP) is -1.26. The van der Waals surface area contributed by atoms with Crippen LogP contribution in [0.15, 0.2) is 12.1 Å². The van der Waals surface area contributed by atoms with Crippen molar-refractivity contribution in [2.24, 2.45) is 0 Å². The molecule has 1 saturated carbocycles. The second-order valence-electron chi connectivity index (χ2n) is 8.81. The summed E-state index contributed by atoms with van der Waals surface area (Å²) >= 11 is 7.41. The number of hydrogen-bond donors (Lipinski definition) is 7. The number of hydrogen-bond acceptors (Lipinski definition) is 11. The first-order chi connectivity index (χ1) is 15.1. The van der Waals surface area contributed by atoms with Crippen molar-refractivity contribution in [3.8, 4) is 0 Å². The van der Waals surface area contributed by atoms with Gasteiger partial charge in [-0.1, -0.05) is 11.6 Å². The zero-order valence-corrected chi connectivity index (χ0v) is 19.8. The smallest absolute Gasteiger partial charge is 0.249 e. The normalized spacial score (nSPS) is 46.5. The molecule has 0 aromatic carbocycles. The van der Waals surface area contributed by atoms with Crippen molar-refractivity contribution in [2.75, 3.05) is 20.6 Å². The molecule has 1 unspecified atom stereocenters. The average Bonchev–Trinajstić information content (AvgIpc) is 3.14. The van der Waals surface area contributed by atoms with Crippen molar-refractivity contribution in [2.45, 2.75) is 80.2 Å². The van der Waals surface area contributed by atoms with Gasteiger partial charge in [-0.3, -0.25) is 0 Å². The summed E-state index contributed by atoms with van der Waals surface area (Å²) in [4.78, 5) is 0.981. The van der Waals surface area contributed by atoms with Crippen LogP contribution >= 0.6 is 22.9 Å². The highest BCUT2D eigenvalue weighted by atomic mass is 35.5. The second-order valence-corrected chi connectivity index (χ2v) is 10.6. The first-order valence-corrected chi connectivity index (χ1v) is 11.9. The molecule has 0 radical (unpaired) electrons. The topological polar surface area (TPSA) is 145 Å². The van der Waals surface area contributed by atoms with Gasteiger partial charge in [0.1, 0.15) is 23.9 Å². The van der Waals surface area contributed by atoms with Crippen LogP contribution < -0.4 is 16.0 Å². The number of nitrogens with one attached hydrogen (secondary N) is 3. The molecule has 2 saturated heterocycles. The Morgan fingerprint density at radius 2 is 1.81 bits per heavy atom. The summed E-state index contributed by atoms with van der Waals surface area (Å²) in [7, 11) is 3.28. The number of aliphatic hydroxyl groups is 4. The molecule has 0 bridgehead atoms. The van der Waals surface area contributed by atoms with Gasteiger partial charge in [0.25, 0.3) is 0 Å². The molecule has 32 heavy (non-hydrogen) atoms. The molecule has 7 N–H and O–H groups in total. The molecular weight excluding hydrogens is 462 g/mol. The van der Waals surface area contributed by atoms with Gasteiger partial charge in [0.15, 0.2) is 0 Å². The van der Waals surface area contributed by atoms with Crippen LogP contribution in [0.5, 0.6) is 0 Å². The lowest BCUT2D eigenvalue weighted by molar-refractivity contribution is -0.482. The van der Waals surface area contributed by atoms with Crippen molar-refractivity contribution in [3.63, 3.8) is 0 Å². The van der Waals surface area contributed by atoms with E-state index in [1.54, 1.807) is 27.1 Å². The third-order valence-electron chi connectivity index (χ3n) is 6.69. The molecule has 12 heteroatoms. The molecule has 3 fully saturated rings. The molecule has 1 aromatic rings. The molecule has 0 spiro atoms. The number of likely N-dealkylation sites (N-methyl/N-ethyl adjacent to an activating group) is 2. The predicted molar refractivity (Wildman–Crippen MR) is 117 cm³/mol. The Morgan fingerprint density at radius 3 is 2.44 bits per heavy atom. The lowest BCUT2D eigenvalue weighted by Crippen LogP contribution is -2.81. The molecule has 10 nitrogen and oxygen atoms in total. The summed E-state index contributed by atoms with van der Waals surface area (Å²) in [5.41, 5.74) is -1.75. The standard InChI is InChI=1S/C20H32ClN3O7S/c1-9-6-19(27,8-24-7-10-4-5-11(21)32-10)20(28)18(29-9)30-17-15(26)12(22-2)14(25)13(23-3)16(17)31-20/h4-5,9,12-18,22-28H,6-8H2,1-3H3/t9-,12-,13+,14+,15+,16-,17?,18+,19-,20-/m1/s1. The van der Waals surface area contributed by atoms with E-state index < -0.39 is 60.3 Å². The Kier molecular flexibility index (Phi) is 7.20. The van der Waals surface area contributed by atoms with E-state index in [0.717, 1.165) is 4.88 Å². The van der Waals surface area contributed by atoms with Crippen molar-refractivity contribution in [1.82, 2.24) is 16.0 Å². The molecule has 10 atom stereocenters. The van der Waals surface area contributed by atoms with Crippen LogP contribution in [-0.2, 0) is 20.8 Å². The molecule has 1 aliphatic carbocycles. The van der Waals surface area contributed by atoms with Gasteiger partial charge in [-0.2, -0.15) is 0 Å². The summed E-state index contributed by atoms with van der Waals surface area (Å²) in [6, 6.07) is 2.34. The van der Waals surface area contributed by atoms with E-state index in [4.69, 9.17) is 25.8 Å². The first-order valence-electron chi connectivity index (χ1n) is 10.7. The maximum absolute atomic E-state index is 11.6. The Balaban J connectivity index is 1.57. The fourth-order valence-corrected chi connectivity index (χ4v) is 6.13. The van der Waals surface area contributed by atoms with Gasteiger partial charge in [-0.05, 0) is 33.2 Å². The fraction of sp³-hybridized carbons (Fsp3) is 0.800. The molecule has 4 rings (SSSR count). The van der Waals surface area contributed by atoms with Gasteiger partial charge in [0.2, 0.25) is 12.1 Å². The van der Waals surface area contributed by atoms with E-state index in [1.165, 1.54) is 11.3 Å². The van der Waals surface area contributed by atoms with Gasteiger partial charge >= 0.3 is 0 Å². The van der Waals surface area contributed by atoms with Gasteiger partial charge in [-0.25, -0.2) is 0 Å². The minimum absolute atomic E-state index is 0.00155. The maximum atomic E-state index is 11.6. The van der Waals surface area contributed by atoms with Crippen LogP contribution in [0.4, 0.5) is 0 Å². The van der Waals surface area contributed by atoms with E-state index in [9.17, 15) is 20.4 Å². The quantitative estimate of drug-likeness (QED) is 0.256. The number of fused-ring (bicyclic) bond motifs is 2. The number of thiophene rings is 1. The van der Waals surface area contributed by atoms with Crippen LogP contribution in [0.25, 0.3) is 0 Å². The highest BCUT2D eigenvalue weighted by molar-refractivity contribution is 7.16. The summed E-state index contributed by atoms with van der Waals surface area (Å²) in [6.45, 7) is 2.22. The van der Waals surface area contributed by atoms with Crippen molar-refractivity contribution in [1.29, 1.82) is 0 Å². The number of rotatable bonds is 6. The van der Waals surface area contributed by atoms with Crippen molar-refractivity contribution in [3.05, 3.63) is 21.3 Å². The van der Waals surface area contributed by atoms with Gasteiger partial charge in [-0.15, -0.1) is 11.3 Å². The maximum Gasteiger partial charge on any atom is 0.249 e. The van der Waals surface area contributed by atoms with Crippen LogP contribution in [0, 0.1) is 0 Å². The lowest BCUT2D eigenvalue weighted by atomic mass is 9.77. The molecule has 3 aliphatic rings. The van der Waals surface area contributed by atoms with Gasteiger partial charge in [0.05, 0.1) is 28.6 Å². The molecular formula is C20H32ClN3O7S. The van der Waals surface area contributed by atoms with E-state index in [2.05, 4.69) is 16.0 Å². The van der Waals surface area contributed by atoms with E-state index in [1.807, 2.05) is 6.07 Å². The summed E-state index contributed by atoms with van der Waals surface area (Å²) in [6.07, 6.45) is -5.64. The first kappa shape index (κ1) is 24.7. The van der Waals surface area contributed by atoms with Crippen molar-refractivity contribution >= 4 is 22.9 Å². The number of ether oxygens (including phenoxy) is 3. The van der Waals surface area contributed by atoms with Gasteiger partial charge in [0, 0.05) is 24.4 Å². The fourth-order valence-electron chi connectivity index (χ4n) is 5.07. The Labute approximate surface area is 195 Å². The van der Waals surface area contributed by atoms with Crippen molar-refractivity contribution < 1.29 is 34.6 Å². The lowest BCUT2D eigenvalue weighted by Gasteiger charge is -2.60. The van der Waals surface area contributed by atoms with E-state index >= 15 is 0 Å². The minimum Gasteiger partial charge on any atom is -0.390 e. The number of halogens is 1. The minimum atomic E-state index is -2.22. The summed E-state index contributed by atoms with van der Waals surface area (Å²) in [5, 5.41) is 53.8. The average molecular weight is 494 g/mol. The SMILES string of the molecule is CN[C@@H]1[C@H](O)[C@H](NC)[C@H]2O[C@]3(O)[C@H](OC2[C@H]1O)O[C@H](C)C[C@@]3(O)CNCc1ccc(Cl)s1. The monoisotopic (exact) mass is 493 g/mol. The van der Waals surface area contributed by atoms with E-state index in [-0.39, 0.29) is 13.0 Å². The third-order valence-corrected chi connectivity index (χ3v) is 7.93. The highest BCUT2D eigenvalue weighted by Crippen LogP contribution is 2.46. The Morgan fingerprint density at radius 1 is 1.09 bits per heavy atom. The largest absolute Gasteiger partial charge is 0.390 e. The Hall–Kier alpha value is -0.410. The molecule has 1 aromatic heterocycles. The van der Waals surface area contributed by atoms with E-state index in [0.29, 0.717) is 10.9 Å². The number of aliphatic hydroxyl groups excluding tert-OH is 2. The molecule has 0 amide bonds. The highest BCUT2D eigenvalue weighted by Gasteiger charge is 2.68. The molecule has 2 aliphatic heterocycles. The zero-order chi connectivity index (χ0) is 23.3. The molecule has 3 heterocycles. The second kappa shape index (κ2) is 9.33.